The van der Waals surface area contributed by atoms with Gasteiger partial charge in [-0.15, -0.1) is 0 Å². The molecule has 2 unspecified atom stereocenters. The van der Waals surface area contributed by atoms with Crippen molar-refractivity contribution in [3.8, 4) is 5.75 Å². The number of hydrogen-bond acceptors (Lipinski definition) is 5. The second-order valence-electron chi connectivity index (χ2n) is 12.5. The van der Waals surface area contributed by atoms with Crippen LogP contribution in [-0.4, -0.2) is 19.0 Å². The molecule has 5 nitrogen and oxygen atoms in total. The van der Waals surface area contributed by atoms with E-state index in [9.17, 15) is 9.59 Å². The van der Waals surface area contributed by atoms with Gasteiger partial charge < -0.3 is 14.2 Å². The number of methoxy groups -OCH3 is 1. The Labute approximate surface area is 243 Å². The molecule has 0 aliphatic carbocycles. The van der Waals surface area contributed by atoms with E-state index in [4.69, 9.17) is 14.2 Å². The van der Waals surface area contributed by atoms with E-state index in [1.165, 1.54) is 0 Å². The van der Waals surface area contributed by atoms with Crippen LogP contribution in [0.25, 0.3) is 10.8 Å². The smallest absolute Gasteiger partial charge is 0.312 e. The summed E-state index contributed by atoms with van der Waals surface area (Å²) < 4.78 is 18.6. The first kappa shape index (κ1) is 29.9. The van der Waals surface area contributed by atoms with Crippen molar-refractivity contribution in [1.82, 2.24) is 0 Å². The summed E-state index contributed by atoms with van der Waals surface area (Å²) in [6.07, 6.45) is -1.56. The lowest BCUT2D eigenvalue weighted by Crippen LogP contribution is -2.28. The van der Waals surface area contributed by atoms with Crippen molar-refractivity contribution in [2.24, 2.45) is 10.8 Å². The van der Waals surface area contributed by atoms with Crippen molar-refractivity contribution in [2.75, 3.05) is 7.11 Å². The Morgan fingerprint density at radius 1 is 0.610 bits per heavy atom. The van der Waals surface area contributed by atoms with Crippen LogP contribution in [-0.2, 0) is 19.1 Å². The summed E-state index contributed by atoms with van der Waals surface area (Å²) in [4.78, 5) is 26.9. The predicted octanol–water partition coefficient (Wildman–Crippen LogP) is 8.51. The molecule has 5 heteroatoms. The summed E-state index contributed by atoms with van der Waals surface area (Å²) in [6.45, 7) is 13.0. The van der Waals surface area contributed by atoms with Crippen LogP contribution < -0.4 is 4.74 Å². The largest absolute Gasteiger partial charge is 0.496 e. The highest BCUT2D eigenvalue weighted by Gasteiger charge is 2.35. The molecule has 0 saturated carbocycles. The van der Waals surface area contributed by atoms with Gasteiger partial charge in [0.05, 0.1) is 17.9 Å². The first-order chi connectivity index (χ1) is 19.3. The molecule has 0 amide bonds. The molecular weight excluding hydrogens is 512 g/mol. The lowest BCUT2D eigenvalue weighted by molar-refractivity contribution is -0.159. The summed E-state index contributed by atoms with van der Waals surface area (Å²) in [7, 11) is 1.61. The topological polar surface area (TPSA) is 61.8 Å². The monoisotopic (exact) mass is 552 g/mol. The molecule has 0 aliphatic heterocycles. The van der Waals surface area contributed by atoms with E-state index in [1.807, 2.05) is 133 Å². The summed E-state index contributed by atoms with van der Waals surface area (Å²) in [5.74, 6) is -0.0812. The van der Waals surface area contributed by atoms with E-state index in [2.05, 4.69) is 0 Å². The SMILES string of the molecule is COc1ccc2ccccc2c1C(OC(=O)C(C)(C)C)c1ccccc1C(OC(=O)C(C)(C)C)c1ccccc1C. The number of carbonyl (C=O) groups excluding carboxylic acids is 2. The minimum Gasteiger partial charge on any atom is -0.496 e. The minimum atomic E-state index is -0.834. The number of aryl methyl sites for hydroxylation is 1. The third-order valence-corrected chi connectivity index (χ3v) is 7.12. The lowest BCUT2D eigenvalue weighted by atomic mass is 9.87. The van der Waals surface area contributed by atoms with E-state index >= 15 is 0 Å². The summed E-state index contributed by atoms with van der Waals surface area (Å²) >= 11 is 0. The van der Waals surface area contributed by atoms with Gasteiger partial charge in [0, 0.05) is 16.7 Å². The van der Waals surface area contributed by atoms with E-state index in [1.54, 1.807) is 7.11 Å². The molecule has 4 rings (SSSR count). The second-order valence-corrected chi connectivity index (χ2v) is 12.5. The summed E-state index contributed by atoms with van der Waals surface area (Å²) in [5.41, 5.74) is 2.58. The zero-order chi connectivity index (χ0) is 29.9. The molecule has 0 bridgehead atoms. The summed E-state index contributed by atoms with van der Waals surface area (Å²) in [6, 6.07) is 27.4. The van der Waals surface area contributed by atoms with Gasteiger partial charge >= 0.3 is 11.9 Å². The standard InChI is InChI=1S/C36H40O5/c1-23-15-9-11-17-25(23)31(40-33(37)35(2,3)4)27-19-13-14-20-28(27)32(41-34(38)36(5,6)7)30-26-18-12-10-16-24(26)21-22-29(30)39-8/h9-22,31-32H,1-8H3. The zero-order valence-electron chi connectivity index (χ0n) is 25.3. The number of carbonyl (C=O) groups is 2. The van der Waals surface area contributed by atoms with Gasteiger partial charge in [-0.1, -0.05) is 78.9 Å². The number of benzene rings is 4. The fourth-order valence-corrected chi connectivity index (χ4v) is 4.73. The quantitative estimate of drug-likeness (QED) is 0.215. The third-order valence-electron chi connectivity index (χ3n) is 7.12. The molecule has 0 aliphatic rings. The van der Waals surface area contributed by atoms with Crippen molar-refractivity contribution in [3.63, 3.8) is 0 Å². The maximum absolute atomic E-state index is 13.5. The van der Waals surface area contributed by atoms with Gasteiger partial charge in [0.25, 0.3) is 0 Å². The number of ether oxygens (including phenoxy) is 3. The van der Waals surface area contributed by atoms with E-state index in [-0.39, 0.29) is 11.9 Å². The van der Waals surface area contributed by atoms with Crippen LogP contribution in [0, 0.1) is 17.8 Å². The molecule has 4 aromatic rings. The van der Waals surface area contributed by atoms with Crippen LogP contribution >= 0.6 is 0 Å². The van der Waals surface area contributed by atoms with Crippen LogP contribution in [0.1, 0.15) is 81.6 Å². The molecular formula is C36H40O5. The van der Waals surface area contributed by atoms with Crippen molar-refractivity contribution in [2.45, 2.75) is 60.7 Å². The van der Waals surface area contributed by atoms with Gasteiger partial charge in [-0.3, -0.25) is 9.59 Å². The highest BCUT2D eigenvalue weighted by atomic mass is 16.6. The maximum atomic E-state index is 13.5. The molecule has 0 aromatic heterocycles. The van der Waals surface area contributed by atoms with Crippen LogP contribution in [0.15, 0.2) is 84.9 Å². The average Bonchev–Trinajstić information content (AvgIpc) is 2.93. The zero-order valence-corrected chi connectivity index (χ0v) is 25.3. The first-order valence-electron chi connectivity index (χ1n) is 13.9. The number of rotatable bonds is 7. The van der Waals surface area contributed by atoms with Gasteiger partial charge in [0.1, 0.15) is 5.75 Å². The van der Waals surface area contributed by atoms with Gasteiger partial charge in [-0.25, -0.2) is 0 Å². The van der Waals surface area contributed by atoms with Crippen LogP contribution in [0.3, 0.4) is 0 Å². The molecule has 41 heavy (non-hydrogen) atoms. The predicted molar refractivity (Wildman–Crippen MR) is 163 cm³/mol. The van der Waals surface area contributed by atoms with Crippen LogP contribution in [0.5, 0.6) is 5.75 Å². The fraction of sp³-hybridized carbons (Fsp3) is 0.333. The first-order valence-corrected chi connectivity index (χ1v) is 13.9. The molecule has 0 N–H and O–H groups in total. The Kier molecular flexibility index (Phi) is 8.58. The Morgan fingerprint density at radius 2 is 1.10 bits per heavy atom. The van der Waals surface area contributed by atoms with Crippen molar-refractivity contribution < 1.29 is 23.8 Å². The van der Waals surface area contributed by atoms with Gasteiger partial charge in [0.2, 0.25) is 0 Å². The normalized spacial score (nSPS) is 13.4. The summed E-state index contributed by atoms with van der Waals surface area (Å²) in [5, 5.41) is 1.90. The Balaban J connectivity index is 2.02. The molecule has 0 fully saturated rings. The lowest BCUT2D eigenvalue weighted by Gasteiger charge is -2.31. The van der Waals surface area contributed by atoms with Crippen molar-refractivity contribution in [1.29, 1.82) is 0 Å². The Bertz CT molecular complexity index is 1550. The Morgan fingerprint density at radius 3 is 1.66 bits per heavy atom. The van der Waals surface area contributed by atoms with E-state index < -0.39 is 23.0 Å². The van der Waals surface area contributed by atoms with E-state index in [0.29, 0.717) is 5.75 Å². The van der Waals surface area contributed by atoms with Gasteiger partial charge in [0.15, 0.2) is 12.2 Å². The molecule has 0 radical (unpaired) electrons. The minimum absolute atomic E-state index is 0.327. The fourth-order valence-electron chi connectivity index (χ4n) is 4.73. The average molecular weight is 553 g/mol. The van der Waals surface area contributed by atoms with Gasteiger partial charge in [-0.05, 0) is 76.4 Å². The van der Waals surface area contributed by atoms with Crippen LogP contribution in [0.2, 0.25) is 0 Å². The van der Waals surface area contributed by atoms with E-state index in [0.717, 1.165) is 38.6 Å². The molecule has 0 heterocycles. The second kappa shape index (κ2) is 11.8. The van der Waals surface area contributed by atoms with Crippen molar-refractivity contribution >= 4 is 22.7 Å². The number of esters is 2. The third kappa shape index (κ3) is 6.45. The number of fused-ring (bicyclic) bond motifs is 1. The molecule has 4 aromatic carbocycles. The molecule has 0 saturated heterocycles. The van der Waals surface area contributed by atoms with Crippen LogP contribution in [0.4, 0.5) is 0 Å². The molecule has 214 valence electrons. The van der Waals surface area contributed by atoms with Gasteiger partial charge in [-0.2, -0.15) is 0 Å². The Hall–Kier alpha value is -4.12. The number of hydrogen-bond donors (Lipinski definition) is 0. The highest BCUT2D eigenvalue weighted by Crippen LogP contribution is 2.44. The maximum Gasteiger partial charge on any atom is 0.312 e. The van der Waals surface area contributed by atoms with Crippen molar-refractivity contribution in [3.05, 3.63) is 113 Å². The molecule has 0 spiro atoms. The molecule has 2 atom stereocenters. The highest BCUT2D eigenvalue weighted by molar-refractivity contribution is 5.89.